The Morgan fingerprint density at radius 3 is 3.09 bits per heavy atom. The predicted octanol–water partition coefficient (Wildman–Crippen LogP) is 2.46. The van der Waals surface area contributed by atoms with Gasteiger partial charge < -0.3 is 9.64 Å². The number of amides is 1. The van der Waals surface area contributed by atoms with Crippen molar-refractivity contribution in [1.29, 1.82) is 0 Å². The van der Waals surface area contributed by atoms with Crippen molar-refractivity contribution < 1.29 is 9.53 Å². The summed E-state index contributed by atoms with van der Waals surface area (Å²) in [6, 6.07) is 2.07. The summed E-state index contributed by atoms with van der Waals surface area (Å²) in [4.78, 5) is 22.6. The Hall–Kier alpha value is -1.79. The first-order chi connectivity index (χ1) is 10.7. The second kappa shape index (κ2) is 6.98. The molecule has 0 bridgehead atoms. The lowest BCUT2D eigenvalue weighted by Crippen LogP contribution is -2.46. The van der Waals surface area contributed by atoms with E-state index in [-0.39, 0.29) is 18.1 Å². The first-order valence-corrected chi connectivity index (χ1v) is 8.37. The van der Waals surface area contributed by atoms with Gasteiger partial charge in [0.15, 0.2) is 0 Å². The van der Waals surface area contributed by atoms with Crippen LogP contribution in [0.3, 0.4) is 0 Å². The van der Waals surface area contributed by atoms with Crippen LogP contribution < -0.4 is 0 Å². The molecule has 3 rings (SSSR count). The van der Waals surface area contributed by atoms with E-state index in [9.17, 15) is 4.79 Å². The minimum Gasteiger partial charge on any atom is -0.367 e. The van der Waals surface area contributed by atoms with Crippen LogP contribution in [0.5, 0.6) is 0 Å². The average Bonchev–Trinajstić information content (AvgIpc) is 3.07. The van der Waals surface area contributed by atoms with E-state index < -0.39 is 0 Å². The molecule has 1 fully saturated rings. The second-order valence-electron chi connectivity index (χ2n) is 5.49. The first-order valence-electron chi connectivity index (χ1n) is 7.42. The maximum absolute atomic E-state index is 12.5. The summed E-state index contributed by atoms with van der Waals surface area (Å²) in [6.45, 7) is 3.29. The monoisotopic (exact) mass is 317 g/mol. The van der Waals surface area contributed by atoms with Crippen LogP contribution in [0, 0.1) is 0 Å². The first kappa shape index (κ1) is 15.1. The third-order valence-electron chi connectivity index (χ3n) is 3.74. The Morgan fingerprint density at radius 1 is 1.45 bits per heavy atom. The van der Waals surface area contributed by atoms with Gasteiger partial charge in [0.1, 0.15) is 6.10 Å². The number of aromatic nitrogens is 2. The van der Waals surface area contributed by atoms with Crippen molar-refractivity contribution in [3.05, 3.63) is 46.7 Å². The molecular weight excluding hydrogens is 298 g/mol. The molecule has 2 unspecified atom stereocenters. The summed E-state index contributed by atoms with van der Waals surface area (Å²) in [5, 5.41) is 4.13. The summed E-state index contributed by atoms with van der Waals surface area (Å²) in [6.07, 6.45) is 6.13. The van der Waals surface area contributed by atoms with Gasteiger partial charge in [-0.05, 0) is 35.7 Å². The highest BCUT2D eigenvalue weighted by molar-refractivity contribution is 7.07. The van der Waals surface area contributed by atoms with Crippen molar-refractivity contribution in [3.63, 3.8) is 0 Å². The normalized spacial score (nSPS) is 21.8. The zero-order valence-electron chi connectivity index (χ0n) is 12.5. The van der Waals surface area contributed by atoms with Gasteiger partial charge in [-0.15, -0.1) is 0 Å². The van der Waals surface area contributed by atoms with Gasteiger partial charge in [-0.2, -0.15) is 11.3 Å². The molecule has 0 aliphatic carbocycles. The van der Waals surface area contributed by atoms with Crippen LogP contribution in [0.4, 0.5) is 0 Å². The van der Waals surface area contributed by atoms with Crippen molar-refractivity contribution >= 4 is 17.2 Å². The van der Waals surface area contributed by atoms with E-state index in [1.807, 2.05) is 17.2 Å². The van der Waals surface area contributed by atoms with Crippen LogP contribution in [-0.2, 0) is 16.0 Å². The van der Waals surface area contributed by atoms with Crippen molar-refractivity contribution in [1.82, 2.24) is 14.9 Å². The summed E-state index contributed by atoms with van der Waals surface area (Å²) in [7, 11) is 0. The summed E-state index contributed by atoms with van der Waals surface area (Å²) in [5.74, 6) is 0.154. The van der Waals surface area contributed by atoms with E-state index in [1.54, 1.807) is 29.9 Å². The van der Waals surface area contributed by atoms with E-state index in [0.29, 0.717) is 25.9 Å². The van der Waals surface area contributed by atoms with E-state index >= 15 is 0 Å². The van der Waals surface area contributed by atoms with Gasteiger partial charge in [0, 0.05) is 31.6 Å². The standard InChI is InChI=1S/C16H19N3O2S/c1-12-9-19(10-15(21-12)13-4-7-22-11-13)16(20)3-2-14-8-17-5-6-18-14/h4-8,11-12,15H,2-3,9-10H2,1H3. The van der Waals surface area contributed by atoms with Crippen LogP contribution in [-0.4, -0.2) is 40.0 Å². The highest BCUT2D eigenvalue weighted by Gasteiger charge is 2.29. The lowest BCUT2D eigenvalue weighted by Gasteiger charge is -2.36. The molecule has 0 radical (unpaired) electrons. The number of carbonyl (C=O) groups is 1. The van der Waals surface area contributed by atoms with Gasteiger partial charge in [0.05, 0.1) is 18.3 Å². The number of ether oxygens (including phenoxy) is 1. The number of aryl methyl sites for hydroxylation is 1. The van der Waals surface area contributed by atoms with Crippen molar-refractivity contribution in [3.8, 4) is 0 Å². The number of thiophene rings is 1. The van der Waals surface area contributed by atoms with Crippen LogP contribution in [0.25, 0.3) is 0 Å². The minimum absolute atomic E-state index is 0.0181. The van der Waals surface area contributed by atoms with Gasteiger partial charge in [0.2, 0.25) is 5.91 Å². The van der Waals surface area contributed by atoms with E-state index in [4.69, 9.17) is 4.74 Å². The topological polar surface area (TPSA) is 55.3 Å². The Morgan fingerprint density at radius 2 is 2.36 bits per heavy atom. The van der Waals surface area contributed by atoms with Crippen molar-refractivity contribution in [2.24, 2.45) is 0 Å². The van der Waals surface area contributed by atoms with Gasteiger partial charge in [-0.1, -0.05) is 0 Å². The quantitative estimate of drug-likeness (QED) is 0.869. The molecule has 1 amide bonds. The SMILES string of the molecule is CC1CN(C(=O)CCc2cnccn2)CC(c2ccsc2)O1. The maximum atomic E-state index is 12.5. The van der Waals surface area contributed by atoms with Gasteiger partial charge in [-0.25, -0.2) is 0 Å². The number of carbonyl (C=O) groups excluding carboxylic acids is 1. The van der Waals surface area contributed by atoms with Crippen molar-refractivity contribution in [2.75, 3.05) is 13.1 Å². The van der Waals surface area contributed by atoms with Crippen LogP contribution in [0.15, 0.2) is 35.4 Å². The van der Waals surface area contributed by atoms with Crippen LogP contribution in [0.1, 0.15) is 30.7 Å². The zero-order valence-corrected chi connectivity index (χ0v) is 13.3. The predicted molar refractivity (Wildman–Crippen MR) is 84.5 cm³/mol. The number of nitrogens with zero attached hydrogens (tertiary/aromatic N) is 3. The Balaban J connectivity index is 1.59. The third-order valence-corrected chi connectivity index (χ3v) is 4.44. The summed E-state index contributed by atoms with van der Waals surface area (Å²) < 4.78 is 5.96. The smallest absolute Gasteiger partial charge is 0.223 e. The molecule has 0 spiro atoms. The molecule has 1 aliphatic heterocycles. The molecule has 22 heavy (non-hydrogen) atoms. The molecule has 0 saturated carbocycles. The van der Waals surface area contributed by atoms with Crippen LogP contribution >= 0.6 is 11.3 Å². The fraction of sp³-hybridized carbons (Fsp3) is 0.438. The molecule has 1 saturated heterocycles. The fourth-order valence-corrected chi connectivity index (χ4v) is 3.35. The summed E-state index contributed by atoms with van der Waals surface area (Å²) >= 11 is 1.65. The lowest BCUT2D eigenvalue weighted by molar-refractivity contribution is -0.144. The highest BCUT2D eigenvalue weighted by Crippen LogP contribution is 2.27. The van der Waals surface area contributed by atoms with Gasteiger partial charge in [-0.3, -0.25) is 14.8 Å². The second-order valence-corrected chi connectivity index (χ2v) is 6.27. The molecule has 1 aliphatic rings. The van der Waals surface area contributed by atoms with E-state index in [0.717, 1.165) is 11.3 Å². The van der Waals surface area contributed by atoms with Crippen LogP contribution in [0.2, 0.25) is 0 Å². The minimum atomic E-state index is -0.0181. The molecule has 3 heterocycles. The van der Waals surface area contributed by atoms with Gasteiger partial charge in [0.25, 0.3) is 0 Å². The Bertz CT molecular complexity index is 603. The maximum Gasteiger partial charge on any atom is 0.223 e. The van der Waals surface area contributed by atoms with Gasteiger partial charge >= 0.3 is 0 Å². The Labute approximate surface area is 134 Å². The van der Waals surface area contributed by atoms with Crippen molar-refractivity contribution in [2.45, 2.75) is 32.0 Å². The largest absolute Gasteiger partial charge is 0.367 e. The van der Waals surface area contributed by atoms with E-state index in [1.165, 1.54) is 0 Å². The number of hydrogen-bond donors (Lipinski definition) is 0. The molecule has 2 aromatic heterocycles. The number of morpholine rings is 1. The molecule has 2 atom stereocenters. The molecule has 5 nitrogen and oxygen atoms in total. The lowest BCUT2D eigenvalue weighted by atomic mass is 10.1. The number of rotatable bonds is 4. The molecular formula is C16H19N3O2S. The molecule has 0 aromatic carbocycles. The highest BCUT2D eigenvalue weighted by atomic mass is 32.1. The Kier molecular flexibility index (Phi) is 4.80. The fourth-order valence-electron chi connectivity index (χ4n) is 2.65. The zero-order chi connectivity index (χ0) is 15.4. The third kappa shape index (κ3) is 3.69. The summed E-state index contributed by atoms with van der Waals surface area (Å²) in [5.41, 5.74) is 2.01. The molecule has 2 aromatic rings. The average molecular weight is 317 g/mol. The molecule has 0 N–H and O–H groups in total. The van der Waals surface area contributed by atoms with E-state index in [2.05, 4.69) is 21.4 Å². The number of hydrogen-bond acceptors (Lipinski definition) is 5. The molecule has 6 heteroatoms. The molecule has 116 valence electrons.